The van der Waals surface area contributed by atoms with Gasteiger partial charge in [-0.3, -0.25) is 9.69 Å². The second-order valence-corrected chi connectivity index (χ2v) is 7.91. The van der Waals surface area contributed by atoms with Crippen molar-refractivity contribution in [1.82, 2.24) is 0 Å². The molecule has 0 atom stereocenters. The average Bonchev–Trinajstić information content (AvgIpc) is 2.79. The molecule has 0 N–H and O–H groups in total. The fourth-order valence-corrected chi connectivity index (χ4v) is 3.84. The summed E-state index contributed by atoms with van der Waals surface area (Å²) in [5.41, 5.74) is -2.12. The van der Waals surface area contributed by atoms with Gasteiger partial charge in [0, 0.05) is 10.2 Å². The molecule has 1 aliphatic heterocycles. The predicted octanol–water partition coefficient (Wildman–Crippen LogP) is 5.26. The number of hydrogen-bond donors (Lipinski definition) is 0. The number of alkyl halides is 3. The van der Waals surface area contributed by atoms with Crippen LogP contribution in [0, 0.1) is 11.3 Å². The number of amides is 1. The van der Waals surface area contributed by atoms with Crippen LogP contribution in [-0.2, 0) is 11.0 Å². The molecule has 1 fully saturated rings. The van der Waals surface area contributed by atoms with Gasteiger partial charge in [0.25, 0.3) is 5.91 Å². The summed E-state index contributed by atoms with van der Waals surface area (Å²) >= 11 is 8.79. The van der Waals surface area contributed by atoms with E-state index >= 15 is 0 Å². The molecule has 0 radical (unpaired) electrons. The Morgan fingerprint density at radius 3 is 2.21 bits per heavy atom. The first-order chi connectivity index (χ1) is 13.0. The normalized spacial score (nSPS) is 16.5. The monoisotopic (exact) mass is 467 g/mol. The van der Waals surface area contributed by atoms with Crippen LogP contribution in [0.4, 0.5) is 24.5 Å². The summed E-state index contributed by atoms with van der Waals surface area (Å²) in [4.78, 5) is 15.7. The molecule has 28 heavy (non-hydrogen) atoms. The molecule has 1 heterocycles. The smallest absolute Gasteiger partial charge is 0.304 e. The van der Waals surface area contributed by atoms with Crippen molar-refractivity contribution in [2.24, 2.45) is 0 Å². The minimum absolute atomic E-state index is 0.0333. The van der Waals surface area contributed by atoms with Crippen LogP contribution in [0.1, 0.15) is 25.0 Å². The van der Waals surface area contributed by atoms with E-state index in [-0.39, 0.29) is 10.8 Å². The van der Waals surface area contributed by atoms with Crippen molar-refractivity contribution < 1.29 is 18.0 Å². The molecule has 9 heteroatoms. The quantitative estimate of drug-likeness (QED) is 0.565. The van der Waals surface area contributed by atoms with Gasteiger partial charge in [-0.15, -0.1) is 0 Å². The SMILES string of the molecule is CC1(C)C(=O)N(c2ccc(C#N)c(C(F)(F)F)c2)C(=S)N1c1ccc(Br)cc1. The van der Waals surface area contributed by atoms with Crippen molar-refractivity contribution in [1.29, 1.82) is 5.26 Å². The van der Waals surface area contributed by atoms with Crippen molar-refractivity contribution in [3.63, 3.8) is 0 Å². The number of carbonyl (C=O) groups excluding carboxylic acids is 1. The molecular weight excluding hydrogens is 455 g/mol. The predicted molar refractivity (Wildman–Crippen MR) is 107 cm³/mol. The Morgan fingerprint density at radius 1 is 1.11 bits per heavy atom. The minimum atomic E-state index is -4.73. The first-order valence-corrected chi connectivity index (χ1v) is 9.24. The number of nitriles is 1. The molecule has 0 unspecified atom stereocenters. The van der Waals surface area contributed by atoms with E-state index in [1.54, 1.807) is 43.0 Å². The number of nitrogens with zero attached hydrogens (tertiary/aromatic N) is 3. The van der Waals surface area contributed by atoms with Crippen LogP contribution >= 0.6 is 28.1 Å². The van der Waals surface area contributed by atoms with Crippen LogP contribution < -0.4 is 9.80 Å². The van der Waals surface area contributed by atoms with E-state index in [1.165, 1.54) is 12.1 Å². The number of rotatable bonds is 2. The zero-order valence-corrected chi connectivity index (χ0v) is 17.1. The van der Waals surface area contributed by atoms with Crippen molar-refractivity contribution in [2.75, 3.05) is 9.80 Å². The zero-order chi connectivity index (χ0) is 20.9. The highest BCUT2D eigenvalue weighted by Crippen LogP contribution is 2.39. The Bertz CT molecular complexity index is 1010. The van der Waals surface area contributed by atoms with E-state index in [0.717, 1.165) is 21.5 Å². The summed E-state index contributed by atoms with van der Waals surface area (Å²) in [5.74, 6) is -0.460. The molecule has 4 nitrogen and oxygen atoms in total. The van der Waals surface area contributed by atoms with Gasteiger partial charge >= 0.3 is 6.18 Å². The van der Waals surface area contributed by atoms with Crippen LogP contribution in [0.15, 0.2) is 46.9 Å². The van der Waals surface area contributed by atoms with Crippen molar-refractivity contribution in [3.05, 3.63) is 58.1 Å². The second kappa shape index (κ2) is 6.87. The van der Waals surface area contributed by atoms with Gasteiger partial charge in [-0.2, -0.15) is 18.4 Å². The van der Waals surface area contributed by atoms with Gasteiger partial charge in [-0.1, -0.05) is 15.9 Å². The largest absolute Gasteiger partial charge is 0.417 e. The van der Waals surface area contributed by atoms with Crippen molar-refractivity contribution in [3.8, 4) is 6.07 Å². The molecular formula is C19H13BrF3N3OS. The molecule has 1 amide bonds. The number of hydrogen-bond acceptors (Lipinski definition) is 3. The third-order valence-corrected chi connectivity index (χ3v) is 5.33. The van der Waals surface area contributed by atoms with E-state index < -0.39 is 28.7 Å². The summed E-state index contributed by atoms with van der Waals surface area (Å²) < 4.78 is 40.8. The molecule has 2 aromatic rings. The molecule has 3 rings (SSSR count). The van der Waals surface area contributed by atoms with Gasteiger partial charge in [0.15, 0.2) is 5.11 Å². The lowest BCUT2D eigenvalue weighted by Crippen LogP contribution is -2.44. The van der Waals surface area contributed by atoms with Gasteiger partial charge in [-0.05, 0) is 68.5 Å². The van der Waals surface area contributed by atoms with Crippen LogP contribution in [-0.4, -0.2) is 16.6 Å². The highest BCUT2D eigenvalue weighted by Gasteiger charge is 2.50. The van der Waals surface area contributed by atoms with E-state index in [1.807, 2.05) is 0 Å². The van der Waals surface area contributed by atoms with Crippen LogP contribution in [0.5, 0.6) is 0 Å². The van der Waals surface area contributed by atoms with Gasteiger partial charge in [0.05, 0.1) is 22.9 Å². The lowest BCUT2D eigenvalue weighted by molar-refractivity contribution is -0.137. The van der Waals surface area contributed by atoms with Gasteiger partial charge in [0.2, 0.25) is 0 Å². The molecule has 0 bridgehead atoms. The summed E-state index contributed by atoms with van der Waals surface area (Å²) in [6.07, 6.45) is -4.73. The number of benzene rings is 2. The molecule has 1 saturated heterocycles. The molecule has 0 aromatic heterocycles. The maximum absolute atomic E-state index is 13.3. The standard InChI is InChI=1S/C19H13BrF3N3OS/c1-18(2)16(27)25(17(28)26(18)13-7-4-12(20)5-8-13)14-6-3-11(10-24)15(9-14)19(21,22)23/h3-9H,1-2H3. The number of thiocarbonyl (C=S) groups is 1. The maximum Gasteiger partial charge on any atom is 0.417 e. The fraction of sp³-hybridized carbons (Fsp3) is 0.211. The highest BCUT2D eigenvalue weighted by atomic mass is 79.9. The highest BCUT2D eigenvalue weighted by molar-refractivity contribution is 9.10. The second-order valence-electron chi connectivity index (χ2n) is 6.63. The summed E-state index contributed by atoms with van der Waals surface area (Å²) in [6, 6.07) is 11.7. The van der Waals surface area contributed by atoms with E-state index in [9.17, 15) is 18.0 Å². The van der Waals surface area contributed by atoms with E-state index in [2.05, 4.69) is 15.9 Å². The molecule has 0 spiro atoms. The lowest BCUT2D eigenvalue weighted by Gasteiger charge is -2.29. The molecule has 0 saturated carbocycles. The topological polar surface area (TPSA) is 47.3 Å². The molecule has 0 aliphatic carbocycles. The van der Waals surface area contributed by atoms with Crippen molar-refractivity contribution >= 4 is 50.5 Å². The zero-order valence-electron chi connectivity index (χ0n) is 14.7. The van der Waals surface area contributed by atoms with Crippen LogP contribution in [0.2, 0.25) is 0 Å². The number of carbonyl (C=O) groups is 1. The first-order valence-electron chi connectivity index (χ1n) is 8.04. The Labute approximate surface area is 173 Å². The number of anilines is 2. The van der Waals surface area contributed by atoms with Crippen LogP contribution in [0.3, 0.4) is 0 Å². The minimum Gasteiger partial charge on any atom is -0.304 e. The number of halogens is 4. The Hall–Kier alpha value is -2.44. The van der Waals surface area contributed by atoms with Crippen LogP contribution in [0.25, 0.3) is 0 Å². The summed E-state index contributed by atoms with van der Waals surface area (Å²) in [7, 11) is 0. The Balaban J connectivity index is 2.11. The third kappa shape index (κ3) is 3.27. The Kier molecular flexibility index (Phi) is 4.98. The third-order valence-electron chi connectivity index (χ3n) is 4.44. The van der Waals surface area contributed by atoms with E-state index in [0.29, 0.717) is 5.69 Å². The molecule has 2 aromatic carbocycles. The first kappa shape index (κ1) is 20.3. The lowest BCUT2D eigenvalue weighted by atomic mass is 10.0. The van der Waals surface area contributed by atoms with Gasteiger partial charge in [-0.25, -0.2) is 0 Å². The maximum atomic E-state index is 13.3. The molecule has 144 valence electrons. The van der Waals surface area contributed by atoms with Crippen molar-refractivity contribution in [2.45, 2.75) is 25.6 Å². The summed E-state index contributed by atoms with van der Waals surface area (Å²) in [5, 5.41) is 9.03. The van der Waals surface area contributed by atoms with Gasteiger partial charge < -0.3 is 4.90 Å². The summed E-state index contributed by atoms with van der Waals surface area (Å²) in [6.45, 7) is 3.30. The Morgan fingerprint density at radius 2 is 1.68 bits per heavy atom. The van der Waals surface area contributed by atoms with Gasteiger partial charge in [0.1, 0.15) is 5.54 Å². The average molecular weight is 468 g/mol. The van der Waals surface area contributed by atoms with E-state index in [4.69, 9.17) is 17.5 Å². The fourth-order valence-electron chi connectivity index (χ4n) is 3.05. The molecule has 1 aliphatic rings.